The Morgan fingerprint density at radius 3 is 2.73 bits per heavy atom. The van der Waals surface area contributed by atoms with Crippen molar-refractivity contribution < 1.29 is 0 Å². The van der Waals surface area contributed by atoms with Gasteiger partial charge in [-0.1, -0.05) is 23.7 Å². The number of benzene rings is 1. The van der Waals surface area contributed by atoms with Crippen LogP contribution in [-0.4, -0.2) is 0 Å². The van der Waals surface area contributed by atoms with E-state index in [2.05, 4.69) is 4.85 Å². The van der Waals surface area contributed by atoms with Crippen molar-refractivity contribution in [3.8, 4) is 6.07 Å². The minimum atomic E-state index is 0.332. The average Bonchev–Trinajstić information content (AvgIpc) is 2.04. The van der Waals surface area contributed by atoms with E-state index in [0.717, 1.165) is 0 Å². The minimum Gasteiger partial charge on any atom is -0.237 e. The number of halogens is 1. The molecule has 1 aromatic rings. The summed E-state index contributed by atoms with van der Waals surface area (Å²) in [7, 11) is 0. The van der Waals surface area contributed by atoms with E-state index in [4.69, 9.17) is 23.4 Å². The van der Waals surface area contributed by atoms with Crippen molar-refractivity contribution >= 4 is 17.3 Å². The van der Waals surface area contributed by atoms with Crippen LogP contribution in [-0.2, 0) is 0 Å². The van der Waals surface area contributed by atoms with Crippen molar-refractivity contribution in [2.24, 2.45) is 0 Å². The molecule has 0 fully saturated rings. The number of nitrogens with zero attached hydrogens (tertiary/aromatic N) is 2. The second-order valence-electron chi connectivity index (χ2n) is 1.89. The maximum Gasteiger partial charge on any atom is 0.205 e. The summed E-state index contributed by atoms with van der Waals surface area (Å²) in [5.74, 6) is 0. The highest BCUT2D eigenvalue weighted by molar-refractivity contribution is 6.33. The van der Waals surface area contributed by atoms with Gasteiger partial charge in [0.1, 0.15) is 0 Å². The first-order valence-electron chi connectivity index (χ1n) is 2.85. The van der Waals surface area contributed by atoms with Crippen LogP contribution in [0.25, 0.3) is 4.85 Å². The zero-order chi connectivity index (χ0) is 8.27. The van der Waals surface area contributed by atoms with Crippen molar-refractivity contribution in [2.75, 3.05) is 0 Å². The fourth-order valence-electron chi connectivity index (χ4n) is 0.667. The average molecular weight is 163 g/mol. The van der Waals surface area contributed by atoms with Gasteiger partial charge in [0.25, 0.3) is 0 Å². The molecule has 0 saturated heterocycles. The van der Waals surface area contributed by atoms with Crippen molar-refractivity contribution in [3.63, 3.8) is 0 Å². The monoisotopic (exact) mass is 162 g/mol. The third-order valence-electron chi connectivity index (χ3n) is 1.20. The molecule has 0 radical (unpaired) electrons. The standard InChI is InChI=1S/C8H3ClN2/c1-11-8-3-2-6(5-10)4-7(8)9/h2-4H. The lowest BCUT2D eigenvalue weighted by Gasteiger charge is -1.92. The molecule has 11 heavy (non-hydrogen) atoms. The molecule has 0 aromatic heterocycles. The van der Waals surface area contributed by atoms with Gasteiger partial charge in [0.2, 0.25) is 5.69 Å². The molecule has 3 heteroatoms. The number of nitriles is 1. The SMILES string of the molecule is [C-]#[N+]c1ccc(C#N)cc1Cl. The first-order valence-corrected chi connectivity index (χ1v) is 3.23. The van der Waals surface area contributed by atoms with Gasteiger partial charge in [0, 0.05) is 5.02 Å². The molecule has 0 aliphatic carbocycles. The van der Waals surface area contributed by atoms with Gasteiger partial charge in [0.05, 0.1) is 18.2 Å². The van der Waals surface area contributed by atoms with Crippen LogP contribution in [0.1, 0.15) is 5.56 Å². The summed E-state index contributed by atoms with van der Waals surface area (Å²) in [6.07, 6.45) is 0. The van der Waals surface area contributed by atoms with Gasteiger partial charge in [-0.3, -0.25) is 0 Å². The van der Waals surface area contributed by atoms with Gasteiger partial charge in [-0.25, -0.2) is 4.85 Å². The molecule has 1 rings (SSSR count). The van der Waals surface area contributed by atoms with Gasteiger partial charge in [-0.15, -0.1) is 0 Å². The van der Waals surface area contributed by atoms with Crippen LogP contribution in [0.4, 0.5) is 5.69 Å². The third kappa shape index (κ3) is 1.49. The van der Waals surface area contributed by atoms with Gasteiger partial charge >= 0.3 is 0 Å². The molecule has 0 heterocycles. The van der Waals surface area contributed by atoms with Crippen LogP contribution in [0, 0.1) is 17.9 Å². The molecule has 0 saturated carbocycles. The molecule has 0 unspecified atom stereocenters. The van der Waals surface area contributed by atoms with E-state index in [1.54, 1.807) is 6.07 Å². The molecule has 0 bridgehead atoms. The molecular weight excluding hydrogens is 160 g/mol. The summed E-state index contributed by atoms with van der Waals surface area (Å²) in [4.78, 5) is 3.15. The molecular formula is C8H3ClN2. The maximum atomic E-state index is 8.44. The van der Waals surface area contributed by atoms with E-state index in [-0.39, 0.29) is 0 Å². The van der Waals surface area contributed by atoms with Crippen LogP contribution >= 0.6 is 11.6 Å². The zero-order valence-electron chi connectivity index (χ0n) is 5.50. The zero-order valence-corrected chi connectivity index (χ0v) is 6.26. The smallest absolute Gasteiger partial charge is 0.205 e. The molecule has 0 aliphatic rings. The first-order chi connectivity index (χ1) is 5.27. The largest absolute Gasteiger partial charge is 0.237 e. The molecule has 0 N–H and O–H groups in total. The predicted octanol–water partition coefficient (Wildman–Crippen LogP) is 2.76. The van der Waals surface area contributed by atoms with Crippen LogP contribution in [0.15, 0.2) is 18.2 Å². The molecule has 52 valence electrons. The lowest BCUT2D eigenvalue weighted by molar-refractivity contribution is 1.49. The molecule has 0 amide bonds. The summed E-state index contributed by atoms with van der Waals surface area (Å²) >= 11 is 5.64. The van der Waals surface area contributed by atoms with E-state index < -0.39 is 0 Å². The highest BCUT2D eigenvalue weighted by Crippen LogP contribution is 2.25. The van der Waals surface area contributed by atoms with Gasteiger partial charge in [-0.05, 0) is 6.07 Å². The highest BCUT2D eigenvalue weighted by Gasteiger charge is 1.99. The summed E-state index contributed by atoms with van der Waals surface area (Å²) in [6, 6.07) is 6.52. The Bertz CT molecular complexity index is 357. The molecule has 0 spiro atoms. The second kappa shape index (κ2) is 3.05. The molecule has 1 aromatic carbocycles. The van der Waals surface area contributed by atoms with E-state index in [0.29, 0.717) is 16.3 Å². The summed E-state index contributed by atoms with van der Waals surface area (Å²) in [6.45, 7) is 6.67. The Morgan fingerprint density at radius 2 is 2.27 bits per heavy atom. The molecule has 0 atom stereocenters. The van der Waals surface area contributed by atoms with E-state index in [1.807, 2.05) is 6.07 Å². The molecule has 2 nitrogen and oxygen atoms in total. The Morgan fingerprint density at radius 1 is 1.55 bits per heavy atom. The third-order valence-corrected chi connectivity index (χ3v) is 1.50. The minimum absolute atomic E-state index is 0.332. The number of rotatable bonds is 0. The first kappa shape index (κ1) is 7.60. The number of hydrogen-bond donors (Lipinski definition) is 0. The topological polar surface area (TPSA) is 28.1 Å². The fourth-order valence-corrected chi connectivity index (χ4v) is 0.890. The predicted molar refractivity (Wildman–Crippen MR) is 42.4 cm³/mol. The summed E-state index contributed by atoms with van der Waals surface area (Å²) in [5.41, 5.74) is 0.855. The summed E-state index contributed by atoms with van der Waals surface area (Å²) in [5, 5.41) is 8.77. The lowest BCUT2D eigenvalue weighted by atomic mass is 10.2. The van der Waals surface area contributed by atoms with Gasteiger partial charge in [-0.2, -0.15) is 5.26 Å². The van der Waals surface area contributed by atoms with Gasteiger partial charge < -0.3 is 0 Å². The quantitative estimate of drug-likeness (QED) is 0.539. The van der Waals surface area contributed by atoms with E-state index >= 15 is 0 Å². The normalized spacial score (nSPS) is 8.27. The van der Waals surface area contributed by atoms with E-state index in [1.165, 1.54) is 12.1 Å². The van der Waals surface area contributed by atoms with Crippen molar-refractivity contribution in [1.29, 1.82) is 5.26 Å². The van der Waals surface area contributed by atoms with Crippen molar-refractivity contribution in [2.45, 2.75) is 0 Å². The van der Waals surface area contributed by atoms with Crippen LogP contribution in [0.5, 0.6) is 0 Å². The van der Waals surface area contributed by atoms with Gasteiger partial charge in [0.15, 0.2) is 0 Å². The van der Waals surface area contributed by atoms with Crippen molar-refractivity contribution in [3.05, 3.63) is 40.2 Å². The Balaban J connectivity index is 3.25. The van der Waals surface area contributed by atoms with Crippen LogP contribution < -0.4 is 0 Å². The fraction of sp³-hybridized carbons (Fsp3) is 0. The maximum absolute atomic E-state index is 8.44. The lowest BCUT2D eigenvalue weighted by Crippen LogP contribution is -1.72. The van der Waals surface area contributed by atoms with Crippen LogP contribution in [0.2, 0.25) is 5.02 Å². The summed E-state index contributed by atoms with van der Waals surface area (Å²) < 4.78 is 0. The Hall–Kier alpha value is -1.51. The Labute approximate surface area is 69.5 Å². The number of hydrogen-bond acceptors (Lipinski definition) is 1. The second-order valence-corrected chi connectivity index (χ2v) is 2.30. The molecule has 0 aliphatic heterocycles. The van der Waals surface area contributed by atoms with E-state index in [9.17, 15) is 0 Å². The van der Waals surface area contributed by atoms with Crippen LogP contribution in [0.3, 0.4) is 0 Å². The highest BCUT2D eigenvalue weighted by atomic mass is 35.5. The van der Waals surface area contributed by atoms with Crippen molar-refractivity contribution in [1.82, 2.24) is 0 Å². The Kier molecular flexibility index (Phi) is 2.11.